The minimum absolute atomic E-state index is 0.00885. The molecule has 0 radical (unpaired) electrons. The van der Waals surface area contributed by atoms with E-state index in [0.717, 1.165) is 11.1 Å². The van der Waals surface area contributed by atoms with Crippen LogP contribution in [0.25, 0.3) is 0 Å². The van der Waals surface area contributed by atoms with Gasteiger partial charge in [0, 0.05) is 12.0 Å². The summed E-state index contributed by atoms with van der Waals surface area (Å²) < 4.78 is 16.1. The molecule has 0 bridgehead atoms. The van der Waals surface area contributed by atoms with E-state index in [4.69, 9.17) is 14.2 Å². The SMILES string of the molecule is COc1ccc(C(C)(C)CNC(=O)COc2ccc(C)cc2)cc1OC. The number of carbonyl (C=O) groups excluding carboxylic acids is 1. The van der Waals surface area contributed by atoms with Gasteiger partial charge in [0.1, 0.15) is 5.75 Å². The van der Waals surface area contributed by atoms with Crippen molar-refractivity contribution in [3.63, 3.8) is 0 Å². The molecule has 0 saturated heterocycles. The molecule has 2 aromatic carbocycles. The number of benzene rings is 2. The molecule has 0 unspecified atom stereocenters. The number of amides is 1. The molecule has 1 N–H and O–H groups in total. The quantitative estimate of drug-likeness (QED) is 0.786. The third-order valence-corrected chi connectivity index (χ3v) is 4.28. The predicted octanol–water partition coefficient (Wildman–Crippen LogP) is 3.49. The summed E-state index contributed by atoms with van der Waals surface area (Å²) in [5.74, 6) is 1.89. The first-order valence-corrected chi connectivity index (χ1v) is 8.54. The van der Waals surface area contributed by atoms with Gasteiger partial charge in [-0.1, -0.05) is 37.6 Å². The third-order valence-electron chi connectivity index (χ3n) is 4.28. The highest BCUT2D eigenvalue weighted by molar-refractivity contribution is 5.77. The fraction of sp³-hybridized carbons (Fsp3) is 0.381. The van der Waals surface area contributed by atoms with Gasteiger partial charge in [0.05, 0.1) is 14.2 Å². The van der Waals surface area contributed by atoms with Gasteiger partial charge in [-0.2, -0.15) is 0 Å². The Morgan fingerprint density at radius 1 is 1.00 bits per heavy atom. The maximum Gasteiger partial charge on any atom is 0.257 e. The van der Waals surface area contributed by atoms with E-state index in [1.54, 1.807) is 14.2 Å². The number of aryl methyl sites for hydroxylation is 1. The second-order valence-corrected chi connectivity index (χ2v) is 6.83. The van der Waals surface area contributed by atoms with E-state index in [1.165, 1.54) is 0 Å². The summed E-state index contributed by atoms with van der Waals surface area (Å²) in [6, 6.07) is 13.4. The van der Waals surface area contributed by atoms with Gasteiger partial charge in [0.2, 0.25) is 0 Å². The highest BCUT2D eigenvalue weighted by Crippen LogP contribution is 2.32. The smallest absolute Gasteiger partial charge is 0.257 e. The Labute approximate surface area is 155 Å². The van der Waals surface area contributed by atoms with Crippen LogP contribution in [0.2, 0.25) is 0 Å². The third kappa shape index (κ3) is 5.15. The molecular weight excluding hydrogens is 330 g/mol. The number of carbonyl (C=O) groups is 1. The van der Waals surface area contributed by atoms with E-state index in [-0.39, 0.29) is 17.9 Å². The Morgan fingerprint density at radius 3 is 2.27 bits per heavy atom. The molecule has 5 nitrogen and oxygen atoms in total. The Bertz CT molecular complexity index is 738. The van der Waals surface area contributed by atoms with Gasteiger partial charge in [-0.25, -0.2) is 0 Å². The number of ether oxygens (including phenoxy) is 3. The van der Waals surface area contributed by atoms with Crippen LogP contribution in [0.4, 0.5) is 0 Å². The first-order chi connectivity index (χ1) is 12.4. The minimum atomic E-state index is -0.265. The topological polar surface area (TPSA) is 56.8 Å². The van der Waals surface area contributed by atoms with Gasteiger partial charge < -0.3 is 19.5 Å². The van der Waals surface area contributed by atoms with Crippen LogP contribution < -0.4 is 19.5 Å². The van der Waals surface area contributed by atoms with Crippen LogP contribution in [0.3, 0.4) is 0 Å². The lowest BCUT2D eigenvalue weighted by Crippen LogP contribution is -2.38. The zero-order chi connectivity index (χ0) is 19.2. The lowest BCUT2D eigenvalue weighted by molar-refractivity contribution is -0.123. The standard InChI is InChI=1S/C21H27NO4/c1-15-6-9-17(10-7-15)26-13-20(23)22-14-21(2,3)16-8-11-18(24-4)19(12-16)25-5/h6-12H,13-14H2,1-5H3,(H,22,23). The Hall–Kier alpha value is -2.69. The van der Waals surface area contributed by atoms with Crippen molar-refractivity contribution in [2.45, 2.75) is 26.2 Å². The van der Waals surface area contributed by atoms with Crippen molar-refractivity contribution in [1.82, 2.24) is 5.32 Å². The predicted molar refractivity (Wildman–Crippen MR) is 102 cm³/mol. The molecule has 0 saturated carbocycles. The van der Waals surface area contributed by atoms with Gasteiger partial charge in [-0.15, -0.1) is 0 Å². The van der Waals surface area contributed by atoms with Crippen molar-refractivity contribution >= 4 is 5.91 Å². The zero-order valence-electron chi connectivity index (χ0n) is 16.1. The number of methoxy groups -OCH3 is 2. The van der Waals surface area contributed by atoms with E-state index in [9.17, 15) is 4.79 Å². The summed E-state index contributed by atoms with van der Waals surface area (Å²) >= 11 is 0. The second kappa shape index (κ2) is 8.61. The van der Waals surface area contributed by atoms with Crippen molar-refractivity contribution in [2.24, 2.45) is 0 Å². The highest BCUT2D eigenvalue weighted by atomic mass is 16.5. The fourth-order valence-corrected chi connectivity index (χ4v) is 2.51. The van der Waals surface area contributed by atoms with E-state index < -0.39 is 0 Å². The van der Waals surface area contributed by atoms with E-state index in [1.807, 2.05) is 49.4 Å². The molecule has 0 aliphatic carbocycles. The van der Waals surface area contributed by atoms with E-state index in [0.29, 0.717) is 23.8 Å². The molecule has 0 aromatic heterocycles. The van der Waals surface area contributed by atoms with Crippen LogP contribution in [0, 0.1) is 6.92 Å². The van der Waals surface area contributed by atoms with Crippen LogP contribution in [-0.2, 0) is 10.2 Å². The summed E-state index contributed by atoms with van der Waals surface area (Å²) in [5, 5.41) is 2.93. The first kappa shape index (κ1) is 19.6. The Kier molecular flexibility index (Phi) is 6.50. The van der Waals surface area contributed by atoms with Crippen LogP contribution in [-0.4, -0.2) is 33.3 Å². The van der Waals surface area contributed by atoms with E-state index in [2.05, 4.69) is 19.2 Å². The van der Waals surface area contributed by atoms with Crippen molar-refractivity contribution in [3.8, 4) is 17.2 Å². The van der Waals surface area contributed by atoms with Gasteiger partial charge in [0.15, 0.2) is 18.1 Å². The molecule has 0 atom stereocenters. The summed E-state index contributed by atoms with van der Waals surface area (Å²) in [5.41, 5.74) is 1.94. The van der Waals surface area contributed by atoms with Crippen LogP contribution in [0.1, 0.15) is 25.0 Å². The molecule has 0 spiro atoms. The summed E-state index contributed by atoms with van der Waals surface area (Å²) in [6.07, 6.45) is 0. The average Bonchev–Trinajstić information content (AvgIpc) is 2.65. The molecule has 140 valence electrons. The lowest BCUT2D eigenvalue weighted by Gasteiger charge is -2.26. The summed E-state index contributed by atoms with van der Waals surface area (Å²) in [6.45, 7) is 6.61. The number of hydrogen-bond acceptors (Lipinski definition) is 4. The average molecular weight is 357 g/mol. The molecule has 0 aliphatic rings. The molecule has 2 rings (SSSR count). The molecule has 0 fully saturated rings. The van der Waals surface area contributed by atoms with Crippen LogP contribution >= 0.6 is 0 Å². The maximum atomic E-state index is 12.1. The molecular formula is C21H27NO4. The maximum absolute atomic E-state index is 12.1. The van der Waals surface area contributed by atoms with Gasteiger partial charge in [0.25, 0.3) is 5.91 Å². The Morgan fingerprint density at radius 2 is 1.65 bits per heavy atom. The zero-order valence-corrected chi connectivity index (χ0v) is 16.1. The van der Waals surface area contributed by atoms with Crippen LogP contribution in [0.5, 0.6) is 17.2 Å². The monoisotopic (exact) mass is 357 g/mol. The van der Waals surface area contributed by atoms with Gasteiger partial charge >= 0.3 is 0 Å². The minimum Gasteiger partial charge on any atom is -0.493 e. The highest BCUT2D eigenvalue weighted by Gasteiger charge is 2.23. The molecule has 5 heteroatoms. The number of rotatable bonds is 8. The first-order valence-electron chi connectivity index (χ1n) is 8.54. The molecule has 26 heavy (non-hydrogen) atoms. The summed E-state index contributed by atoms with van der Waals surface area (Å²) in [7, 11) is 3.22. The largest absolute Gasteiger partial charge is 0.493 e. The van der Waals surface area contributed by atoms with Crippen molar-refractivity contribution in [1.29, 1.82) is 0 Å². The van der Waals surface area contributed by atoms with Crippen molar-refractivity contribution in [2.75, 3.05) is 27.4 Å². The molecule has 1 amide bonds. The second-order valence-electron chi connectivity index (χ2n) is 6.83. The van der Waals surface area contributed by atoms with Crippen molar-refractivity contribution in [3.05, 3.63) is 53.6 Å². The molecule has 0 heterocycles. The van der Waals surface area contributed by atoms with Crippen LogP contribution in [0.15, 0.2) is 42.5 Å². The lowest BCUT2D eigenvalue weighted by atomic mass is 9.84. The summed E-state index contributed by atoms with van der Waals surface area (Å²) in [4.78, 5) is 12.1. The normalized spacial score (nSPS) is 11.0. The molecule has 0 aliphatic heterocycles. The number of nitrogens with one attached hydrogen (secondary N) is 1. The van der Waals surface area contributed by atoms with Gasteiger partial charge in [-0.05, 0) is 36.8 Å². The van der Waals surface area contributed by atoms with Gasteiger partial charge in [-0.3, -0.25) is 4.79 Å². The van der Waals surface area contributed by atoms with Crippen molar-refractivity contribution < 1.29 is 19.0 Å². The number of hydrogen-bond donors (Lipinski definition) is 1. The van der Waals surface area contributed by atoms with E-state index >= 15 is 0 Å². The molecule has 2 aromatic rings. The fourth-order valence-electron chi connectivity index (χ4n) is 2.51. The Balaban J connectivity index is 1.92.